The minimum atomic E-state index is -6.16. The molecule has 1 aliphatic rings. The number of nitrogen functional groups attached to an aromatic ring is 1. The van der Waals surface area contributed by atoms with E-state index in [-0.39, 0.29) is 17.0 Å². The number of hydrogen-bond donors (Lipinski definition) is 3. The molecule has 22 heteroatoms. The van der Waals surface area contributed by atoms with E-state index in [2.05, 4.69) is 28.1 Å². The SMILES string of the molecule is CCCCSc1nc2c(N)ncnc2n1C1OC(COP(=O)([O-])OP(=O)([O-])OP(=O)([O-])[O-])C(O)C1O. The van der Waals surface area contributed by atoms with Crippen LogP contribution in [0.2, 0.25) is 0 Å². The maximum absolute atomic E-state index is 11.8. The maximum Gasteiger partial charge on any atom is 0.278 e. The van der Waals surface area contributed by atoms with Crippen molar-refractivity contribution < 1.29 is 61.4 Å². The zero-order valence-electron chi connectivity index (χ0n) is 18.2. The number of thioether (sulfide) groups is 1. The van der Waals surface area contributed by atoms with Crippen molar-refractivity contribution in [3.05, 3.63) is 6.33 Å². The van der Waals surface area contributed by atoms with Gasteiger partial charge in [0.2, 0.25) is 0 Å². The van der Waals surface area contributed by atoms with Crippen molar-refractivity contribution >= 4 is 52.2 Å². The Labute approximate surface area is 207 Å². The number of hydrogen-bond acceptors (Lipinski definition) is 18. The number of ether oxygens (including phenoxy) is 1. The number of imidazole rings is 1. The van der Waals surface area contributed by atoms with Gasteiger partial charge in [0.1, 0.15) is 24.6 Å². The molecule has 0 radical (unpaired) electrons. The second kappa shape index (κ2) is 11.4. The van der Waals surface area contributed by atoms with Gasteiger partial charge in [-0.2, -0.15) is 0 Å². The van der Waals surface area contributed by atoms with E-state index >= 15 is 0 Å². The van der Waals surface area contributed by atoms with Crippen LogP contribution < -0.4 is 25.3 Å². The second-order valence-electron chi connectivity index (χ2n) is 7.24. The van der Waals surface area contributed by atoms with Crippen molar-refractivity contribution in [1.29, 1.82) is 0 Å². The van der Waals surface area contributed by atoms with Gasteiger partial charge in [-0.25, -0.2) is 19.3 Å². The maximum atomic E-state index is 11.8. The van der Waals surface area contributed by atoms with Crippen LogP contribution in [0.25, 0.3) is 11.2 Å². The molecule has 0 saturated carbocycles. The van der Waals surface area contributed by atoms with Gasteiger partial charge in [-0.1, -0.05) is 25.1 Å². The topological polar surface area (TPSA) is 290 Å². The summed E-state index contributed by atoms with van der Waals surface area (Å²) in [4.78, 5) is 56.2. The Morgan fingerprint density at radius 2 is 1.83 bits per heavy atom. The number of aromatic nitrogens is 4. The average Bonchev–Trinajstić information content (AvgIpc) is 3.22. The van der Waals surface area contributed by atoms with Crippen LogP contribution in [0.1, 0.15) is 26.0 Å². The number of nitrogens with two attached hydrogens (primary N) is 1. The molecule has 0 spiro atoms. The smallest absolute Gasteiger partial charge is 0.278 e. The first-order valence-corrected chi connectivity index (χ1v) is 15.3. The molecule has 0 amide bonds. The first-order valence-electron chi connectivity index (χ1n) is 9.98. The lowest BCUT2D eigenvalue weighted by Crippen LogP contribution is -2.34. The summed E-state index contributed by atoms with van der Waals surface area (Å²) in [6, 6.07) is 0. The number of phosphoric acid groups is 3. The number of rotatable bonds is 12. The third-order valence-corrected chi connectivity index (χ3v) is 9.29. The predicted molar refractivity (Wildman–Crippen MR) is 112 cm³/mol. The Balaban J connectivity index is 1.79. The summed E-state index contributed by atoms with van der Waals surface area (Å²) in [6.07, 6.45) is -3.48. The van der Waals surface area contributed by atoms with Crippen LogP contribution in [0.5, 0.6) is 0 Å². The van der Waals surface area contributed by atoms with Gasteiger partial charge in [0.25, 0.3) is 15.6 Å². The molecule has 18 nitrogen and oxygen atoms in total. The Morgan fingerprint density at radius 1 is 1.14 bits per heavy atom. The van der Waals surface area contributed by atoms with Crippen molar-refractivity contribution in [1.82, 2.24) is 19.5 Å². The fourth-order valence-corrected chi connectivity index (χ4v) is 7.04. The molecule has 36 heavy (non-hydrogen) atoms. The molecule has 2 aromatic heterocycles. The van der Waals surface area contributed by atoms with Gasteiger partial charge in [-0.05, 0) is 6.42 Å². The van der Waals surface area contributed by atoms with Crippen molar-refractivity contribution in [2.24, 2.45) is 0 Å². The molecule has 1 aliphatic heterocycles. The predicted octanol–water partition coefficient (Wildman–Crippen LogP) is -2.26. The summed E-state index contributed by atoms with van der Waals surface area (Å²) < 4.78 is 51.3. The first-order chi connectivity index (χ1) is 16.6. The lowest BCUT2D eigenvalue weighted by atomic mass is 10.1. The van der Waals surface area contributed by atoms with Crippen LogP contribution in [0.3, 0.4) is 0 Å². The monoisotopic (exact) mass is 591 g/mol. The summed E-state index contributed by atoms with van der Waals surface area (Å²) in [5.74, 6) is 0.664. The molecule has 0 aliphatic carbocycles. The summed E-state index contributed by atoms with van der Waals surface area (Å²) in [7, 11) is -18.1. The second-order valence-corrected chi connectivity index (χ2v) is 12.6. The molecule has 4 N–H and O–H groups in total. The van der Waals surface area contributed by atoms with Gasteiger partial charge in [-0.15, -0.1) is 0 Å². The standard InChI is InChI=1S/C14H24N5O13P3S/c1-2-3-4-36-14-18-8-11(15)16-6-17-12(8)19(14)13-10(21)9(20)7(30-13)5-29-34(25,26)32-35(27,28)31-33(22,23)24/h6-7,9-10,13,20-21H,2-5H2,1H3,(H,25,26)(H,27,28)(H2,15,16,17)(H2,22,23,24)/p-4. The zero-order valence-corrected chi connectivity index (χ0v) is 21.7. The third-order valence-electron chi connectivity index (χ3n) is 4.59. The number of nitrogens with zero attached hydrogens (tertiary/aromatic N) is 4. The Kier molecular flexibility index (Phi) is 9.35. The van der Waals surface area contributed by atoms with E-state index in [1.54, 1.807) is 0 Å². The summed E-state index contributed by atoms with van der Waals surface area (Å²) in [6.45, 7) is 0.901. The Hall–Kier alpha value is -1.01. The molecule has 1 fully saturated rings. The number of phosphoric ester groups is 1. The van der Waals surface area contributed by atoms with Gasteiger partial charge in [0.15, 0.2) is 28.4 Å². The number of unbranched alkanes of at least 4 members (excludes halogenated alkanes) is 1. The van der Waals surface area contributed by atoms with E-state index in [0.29, 0.717) is 10.9 Å². The van der Waals surface area contributed by atoms with Crippen LogP contribution in [0, 0.1) is 0 Å². The lowest BCUT2D eigenvalue weighted by molar-refractivity contribution is -0.339. The van der Waals surface area contributed by atoms with Crippen LogP contribution >= 0.6 is 35.2 Å². The summed E-state index contributed by atoms with van der Waals surface area (Å²) in [5.41, 5.74) is 6.21. The molecule has 3 heterocycles. The molecular weight excluding hydrogens is 571 g/mol. The van der Waals surface area contributed by atoms with E-state index in [1.807, 2.05) is 6.92 Å². The molecule has 0 bridgehead atoms. The summed E-state index contributed by atoms with van der Waals surface area (Å²) in [5, 5.41) is 21.3. The molecule has 6 atom stereocenters. The molecule has 1 saturated heterocycles. The van der Waals surface area contributed by atoms with E-state index in [1.165, 1.54) is 16.3 Å². The highest BCUT2D eigenvalue weighted by molar-refractivity contribution is 7.99. The molecule has 3 rings (SSSR count). The van der Waals surface area contributed by atoms with E-state index in [9.17, 15) is 43.5 Å². The van der Waals surface area contributed by atoms with Gasteiger partial charge in [0, 0.05) is 5.75 Å². The van der Waals surface area contributed by atoms with E-state index in [0.717, 1.165) is 19.2 Å². The van der Waals surface area contributed by atoms with Gasteiger partial charge in [-0.3, -0.25) is 18.0 Å². The third kappa shape index (κ3) is 7.30. The number of anilines is 1. The van der Waals surface area contributed by atoms with Gasteiger partial charge in [0.05, 0.1) is 14.4 Å². The van der Waals surface area contributed by atoms with Crippen molar-refractivity contribution in [3.63, 3.8) is 0 Å². The van der Waals surface area contributed by atoms with Crippen LogP contribution in [0.15, 0.2) is 11.5 Å². The van der Waals surface area contributed by atoms with Crippen molar-refractivity contribution in [2.75, 3.05) is 18.1 Å². The number of aliphatic hydroxyl groups is 2. The molecule has 6 unspecified atom stereocenters. The Bertz CT molecular complexity index is 1230. The van der Waals surface area contributed by atoms with Crippen LogP contribution in [-0.4, -0.2) is 60.4 Å². The van der Waals surface area contributed by atoms with Crippen molar-refractivity contribution in [3.8, 4) is 0 Å². The van der Waals surface area contributed by atoms with Gasteiger partial charge < -0.3 is 49.3 Å². The lowest BCUT2D eigenvalue weighted by Gasteiger charge is -2.37. The highest BCUT2D eigenvalue weighted by atomic mass is 32.2. The average molecular weight is 591 g/mol. The van der Waals surface area contributed by atoms with Crippen LogP contribution in [0.4, 0.5) is 5.82 Å². The minimum Gasteiger partial charge on any atom is -0.790 e. The fraction of sp³-hybridized carbons (Fsp3) is 0.643. The van der Waals surface area contributed by atoms with Gasteiger partial charge >= 0.3 is 0 Å². The quantitative estimate of drug-likeness (QED) is 0.133. The van der Waals surface area contributed by atoms with Crippen molar-refractivity contribution in [2.45, 2.75) is 49.5 Å². The first kappa shape index (κ1) is 29.5. The molecule has 2 aromatic rings. The zero-order chi connectivity index (χ0) is 26.9. The Morgan fingerprint density at radius 3 is 2.47 bits per heavy atom. The highest BCUT2D eigenvalue weighted by Crippen LogP contribution is 2.60. The minimum absolute atomic E-state index is 0.0402. The largest absolute Gasteiger partial charge is 0.790 e. The molecule has 0 aromatic carbocycles. The van der Waals surface area contributed by atoms with E-state index < -0.39 is 54.6 Å². The highest BCUT2D eigenvalue weighted by Gasteiger charge is 2.46. The van der Waals surface area contributed by atoms with Crippen LogP contribution in [-0.2, 0) is 31.6 Å². The fourth-order valence-electron chi connectivity index (χ4n) is 3.07. The number of fused-ring (bicyclic) bond motifs is 1. The van der Waals surface area contributed by atoms with E-state index in [4.69, 9.17) is 10.5 Å². The number of aliphatic hydroxyl groups excluding tert-OH is 2. The molecule has 204 valence electrons. The normalized spacial score (nSPS) is 26.2. The molecular formula is C14H20N5O13P3S-4. The summed E-state index contributed by atoms with van der Waals surface area (Å²) >= 11 is 1.28.